The van der Waals surface area contributed by atoms with Crippen LogP contribution < -0.4 is 0 Å². The van der Waals surface area contributed by atoms with Gasteiger partial charge in [0.05, 0.1) is 0 Å². The number of hydrogen-bond acceptors (Lipinski definition) is 4. The third kappa shape index (κ3) is 2.83. The van der Waals surface area contributed by atoms with Crippen LogP contribution in [-0.4, -0.2) is 40.1 Å². The van der Waals surface area contributed by atoms with Gasteiger partial charge in [0.15, 0.2) is 5.69 Å². The lowest BCUT2D eigenvalue weighted by Crippen LogP contribution is -2.36. The van der Waals surface area contributed by atoms with Gasteiger partial charge in [0.2, 0.25) is 5.76 Å². The molecule has 1 rings (SSSR count). The molecule has 0 unspecified atom stereocenters. The quantitative estimate of drug-likeness (QED) is 0.845. The van der Waals surface area contributed by atoms with Crippen molar-refractivity contribution in [1.82, 2.24) is 10.1 Å². The van der Waals surface area contributed by atoms with Crippen molar-refractivity contribution in [3.05, 3.63) is 17.5 Å². The second-order valence-electron chi connectivity index (χ2n) is 3.77. The standard InChI is InChI=1S/C11H16N2O4/c1-4-7(5-2)13(3)10(14)8-6-9(11(15)16)17-12-8/h6-7H,4-5H2,1-3H3,(H,15,16). The van der Waals surface area contributed by atoms with Crippen LogP contribution in [0.2, 0.25) is 0 Å². The van der Waals surface area contributed by atoms with Gasteiger partial charge in [0.1, 0.15) is 0 Å². The van der Waals surface area contributed by atoms with Crippen LogP contribution in [0.25, 0.3) is 0 Å². The van der Waals surface area contributed by atoms with E-state index in [1.807, 2.05) is 13.8 Å². The smallest absolute Gasteiger partial charge is 0.374 e. The third-order valence-corrected chi connectivity index (χ3v) is 2.75. The fourth-order valence-corrected chi connectivity index (χ4v) is 1.66. The number of carbonyl (C=O) groups excluding carboxylic acids is 1. The number of nitrogens with zero attached hydrogens (tertiary/aromatic N) is 2. The summed E-state index contributed by atoms with van der Waals surface area (Å²) < 4.78 is 4.55. The highest BCUT2D eigenvalue weighted by atomic mass is 16.5. The Balaban J connectivity index is 2.84. The number of aromatic carboxylic acids is 1. The molecule has 1 aromatic heterocycles. The number of aromatic nitrogens is 1. The van der Waals surface area contributed by atoms with Gasteiger partial charge in [0, 0.05) is 19.2 Å². The van der Waals surface area contributed by atoms with E-state index in [0.29, 0.717) is 0 Å². The Labute approximate surface area is 99.2 Å². The molecule has 6 nitrogen and oxygen atoms in total. The van der Waals surface area contributed by atoms with Crippen LogP contribution in [-0.2, 0) is 0 Å². The van der Waals surface area contributed by atoms with Crippen molar-refractivity contribution < 1.29 is 19.2 Å². The number of carboxylic acid groups (broad SMARTS) is 1. The fraction of sp³-hybridized carbons (Fsp3) is 0.545. The van der Waals surface area contributed by atoms with Gasteiger partial charge in [-0.25, -0.2) is 4.79 Å². The lowest BCUT2D eigenvalue weighted by atomic mass is 10.1. The van der Waals surface area contributed by atoms with Gasteiger partial charge in [0.25, 0.3) is 5.91 Å². The molecule has 0 fully saturated rings. The molecule has 0 aliphatic carbocycles. The molecule has 6 heteroatoms. The van der Waals surface area contributed by atoms with Crippen molar-refractivity contribution >= 4 is 11.9 Å². The molecule has 0 saturated heterocycles. The van der Waals surface area contributed by atoms with Crippen molar-refractivity contribution in [3.8, 4) is 0 Å². The molecule has 1 amide bonds. The lowest BCUT2D eigenvalue weighted by Gasteiger charge is -2.25. The molecule has 1 N–H and O–H groups in total. The number of rotatable bonds is 5. The third-order valence-electron chi connectivity index (χ3n) is 2.75. The molecular formula is C11H16N2O4. The summed E-state index contributed by atoms with van der Waals surface area (Å²) in [6.45, 7) is 3.98. The van der Waals surface area contributed by atoms with E-state index in [0.717, 1.165) is 18.9 Å². The van der Waals surface area contributed by atoms with Crippen molar-refractivity contribution in [2.24, 2.45) is 0 Å². The molecule has 0 spiro atoms. The molecule has 94 valence electrons. The van der Waals surface area contributed by atoms with E-state index in [9.17, 15) is 9.59 Å². The number of carboxylic acids is 1. The van der Waals surface area contributed by atoms with E-state index < -0.39 is 5.97 Å². The van der Waals surface area contributed by atoms with Gasteiger partial charge in [-0.05, 0) is 12.8 Å². The Morgan fingerprint density at radius 3 is 2.47 bits per heavy atom. The SMILES string of the molecule is CCC(CC)N(C)C(=O)c1cc(C(=O)O)on1. The van der Waals surface area contributed by atoms with E-state index in [2.05, 4.69) is 9.68 Å². The average molecular weight is 240 g/mol. The van der Waals surface area contributed by atoms with Gasteiger partial charge < -0.3 is 14.5 Å². The monoisotopic (exact) mass is 240 g/mol. The highest BCUT2D eigenvalue weighted by molar-refractivity contribution is 5.94. The Morgan fingerprint density at radius 1 is 1.47 bits per heavy atom. The van der Waals surface area contributed by atoms with Gasteiger partial charge in [-0.2, -0.15) is 0 Å². The maximum absolute atomic E-state index is 12.0. The van der Waals surface area contributed by atoms with E-state index in [-0.39, 0.29) is 23.4 Å². The fourth-order valence-electron chi connectivity index (χ4n) is 1.66. The van der Waals surface area contributed by atoms with Crippen LogP contribution in [0.15, 0.2) is 10.6 Å². The predicted octanol–water partition coefficient (Wildman–Crippen LogP) is 1.63. The van der Waals surface area contributed by atoms with Crippen LogP contribution in [0.3, 0.4) is 0 Å². The van der Waals surface area contributed by atoms with Crippen molar-refractivity contribution in [3.63, 3.8) is 0 Å². The summed E-state index contributed by atoms with van der Waals surface area (Å²) >= 11 is 0. The summed E-state index contributed by atoms with van der Waals surface area (Å²) in [5.41, 5.74) is 0.0248. The van der Waals surface area contributed by atoms with Crippen molar-refractivity contribution in [2.75, 3.05) is 7.05 Å². The van der Waals surface area contributed by atoms with Crippen LogP contribution in [0.5, 0.6) is 0 Å². The molecular weight excluding hydrogens is 224 g/mol. The summed E-state index contributed by atoms with van der Waals surface area (Å²) in [5, 5.41) is 12.1. The van der Waals surface area contributed by atoms with Gasteiger partial charge in [-0.3, -0.25) is 4.79 Å². The lowest BCUT2D eigenvalue weighted by molar-refractivity contribution is 0.0647. The largest absolute Gasteiger partial charge is 0.475 e. The summed E-state index contributed by atoms with van der Waals surface area (Å²) in [6.07, 6.45) is 1.67. The van der Waals surface area contributed by atoms with Gasteiger partial charge >= 0.3 is 5.97 Å². The normalized spacial score (nSPS) is 10.6. The minimum Gasteiger partial charge on any atom is -0.475 e. The summed E-state index contributed by atoms with van der Waals surface area (Å²) in [4.78, 5) is 24.1. The van der Waals surface area contributed by atoms with Crippen molar-refractivity contribution in [1.29, 1.82) is 0 Å². The summed E-state index contributed by atoms with van der Waals surface area (Å²) in [6, 6.07) is 1.26. The molecule has 0 aliphatic heterocycles. The van der Waals surface area contributed by atoms with Gasteiger partial charge in [-0.1, -0.05) is 19.0 Å². The van der Waals surface area contributed by atoms with Crippen LogP contribution in [0.4, 0.5) is 0 Å². The Bertz CT molecular complexity index is 409. The maximum atomic E-state index is 12.0. The van der Waals surface area contributed by atoms with Gasteiger partial charge in [-0.15, -0.1) is 0 Å². The second-order valence-corrected chi connectivity index (χ2v) is 3.77. The first-order chi connectivity index (χ1) is 8.01. The first kappa shape index (κ1) is 13.2. The molecule has 17 heavy (non-hydrogen) atoms. The second kappa shape index (κ2) is 5.47. The molecule has 0 bridgehead atoms. The van der Waals surface area contributed by atoms with Crippen LogP contribution >= 0.6 is 0 Å². The van der Waals surface area contributed by atoms with E-state index in [1.165, 1.54) is 0 Å². The molecule has 0 atom stereocenters. The topological polar surface area (TPSA) is 83.6 Å². The predicted molar refractivity (Wildman–Crippen MR) is 59.9 cm³/mol. The highest BCUT2D eigenvalue weighted by Gasteiger charge is 2.23. The first-order valence-corrected chi connectivity index (χ1v) is 5.48. The Morgan fingerprint density at radius 2 is 2.06 bits per heavy atom. The van der Waals surface area contributed by atoms with E-state index >= 15 is 0 Å². The molecule has 1 heterocycles. The van der Waals surface area contributed by atoms with E-state index in [4.69, 9.17) is 5.11 Å². The minimum absolute atomic E-state index is 0.0248. The molecule has 1 aromatic rings. The average Bonchev–Trinajstić information content (AvgIpc) is 2.78. The molecule has 0 radical (unpaired) electrons. The molecule has 0 aromatic carbocycles. The number of hydrogen-bond donors (Lipinski definition) is 1. The number of carbonyl (C=O) groups is 2. The molecule has 0 aliphatic rings. The number of amides is 1. The zero-order chi connectivity index (χ0) is 13.0. The summed E-state index contributed by atoms with van der Waals surface area (Å²) in [5.74, 6) is -1.89. The molecule has 0 saturated carbocycles. The summed E-state index contributed by atoms with van der Waals surface area (Å²) in [7, 11) is 1.68. The van der Waals surface area contributed by atoms with E-state index in [1.54, 1.807) is 11.9 Å². The van der Waals surface area contributed by atoms with Crippen LogP contribution in [0, 0.1) is 0 Å². The van der Waals surface area contributed by atoms with Crippen molar-refractivity contribution in [2.45, 2.75) is 32.7 Å². The maximum Gasteiger partial charge on any atom is 0.374 e. The zero-order valence-electron chi connectivity index (χ0n) is 10.1. The Kier molecular flexibility index (Phi) is 4.25. The first-order valence-electron chi connectivity index (χ1n) is 5.48. The zero-order valence-corrected chi connectivity index (χ0v) is 10.1. The minimum atomic E-state index is -1.23. The van der Waals surface area contributed by atoms with Crippen LogP contribution in [0.1, 0.15) is 47.7 Å². The Hall–Kier alpha value is -1.85. The highest BCUT2D eigenvalue weighted by Crippen LogP contribution is 2.12.